The van der Waals surface area contributed by atoms with Crippen LogP contribution in [0.4, 0.5) is 11.5 Å². The van der Waals surface area contributed by atoms with E-state index in [0.29, 0.717) is 18.9 Å². The minimum Gasteiger partial charge on any atom is -0.374 e. The average molecular weight is 679 g/mol. The fourth-order valence-electron chi connectivity index (χ4n) is 7.72. The Morgan fingerprint density at radius 1 is 1.08 bits per heavy atom. The maximum absolute atomic E-state index is 13.6. The van der Waals surface area contributed by atoms with Crippen molar-refractivity contribution in [1.29, 1.82) is 0 Å². The van der Waals surface area contributed by atoms with Gasteiger partial charge in [0.25, 0.3) is 0 Å². The maximum atomic E-state index is 13.6. The molecule has 1 aliphatic carbocycles. The number of benzene rings is 2. The molecule has 258 valence electrons. The number of aryl methyl sites for hydroxylation is 2. The second-order valence-electron chi connectivity index (χ2n) is 15.3. The van der Waals surface area contributed by atoms with Crippen molar-refractivity contribution in [1.82, 2.24) is 14.8 Å². The number of hydrogen-bond donors (Lipinski definition) is 2. The van der Waals surface area contributed by atoms with Gasteiger partial charge in [-0.3, -0.25) is 4.79 Å². The van der Waals surface area contributed by atoms with Gasteiger partial charge in [0.2, 0.25) is 5.91 Å². The Balaban J connectivity index is 1.02. The van der Waals surface area contributed by atoms with Crippen molar-refractivity contribution in [2.75, 3.05) is 30.0 Å². The molecule has 49 heavy (non-hydrogen) atoms. The Kier molecular flexibility index (Phi) is 9.49. The summed E-state index contributed by atoms with van der Waals surface area (Å²) >= 11 is 0. The summed E-state index contributed by atoms with van der Waals surface area (Å²) in [4.78, 5) is 20.7. The summed E-state index contributed by atoms with van der Waals surface area (Å²) in [5.41, 5.74) is 16.4. The van der Waals surface area contributed by atoms with E-state index < -0.39 is 14.1 Å². The number of carbonyl (C=O) groups is 1. The zero-order valence-electron chi connectivity index (χ0n) is 29.5. The van der Waals surface area contributed by atoms with E-state index in [1.54, 1.807) is 0 Å². The molecule has 0 unspecified atom stereocenters. The Labute approximate surface area is 291 Å². The SMILES string of the molecule is Cc1nn(COCC[Si](C)(C)C)c(C)c1-c1ccc(NC(=O)[C@@H](N)[C@@H]2CCCc3ccc(-c4ccnc(N5C[C@H]6C[C@@H]5CO6)c4)cc32)cc1. The highest BCUT2D eigenvalue weighted by molar-refractivity contribution is 6.76. The van der Waals surface area contributed by atoms with Gasteiger partial charge in [-0.15, -0.1) is 0 Å². The molecule has 3 aliphatic rings. The summed E-state index contributed by atoms with van der Waals surface area (Å²) < 4.78 is 13.7. The van der Waals surface area contributed by atoms with Crippen LogP contribution < -0.4 is 16.0 Å². The Morgan fingerprint density at radius 3 is 2.59 bits per heavy atom. The number of rotatable bonds is 11. The van der Waals surface area contributed by atoms with Crippen molar-refractivity contribution in [3.8, 4) is 22.3 Å². The predicted octanol–water partition coefficient (Wildman–Crippen LogP) is 6.90. The van der Waals surface area contributed by atoms with E-state index in [2.05, 4.69) is 67.1 Å². The molecule has 0 radical (unpaired) electrons. The zero-order valence-corrected chi connectivity index (χ0v) is 30.5. The Bertz CT molecular complexity index is 1820. The van der Waals surface area contributed by atoms with E-state index in [0.717, 1.165) is 96.6 Å². The van der Waals surface area contributed by atoms with Gasteiger partial charge in [-0.25, -0.2) is 9.67 Å². The highest BCUT2D eigenvalue weighted by atomic mass is 28.3. The van der Waals surface area contributed by atoms with Crippen LogP contribution in [0.5, 0.6) is 0 Å². The molecular weight excluding hydrogens is 629 g/mol. The molecule has 10 heteroatoms. The van der Waals surface area contributed by atoms with Gasteiger partial charge in [0.1, 0.15) is 12.5 Å². The smallest absolute Gasteiger partial charge is 0.241 e. The monoisotopic (exact) mass is 678 g/mol. The standard InChI is InChI=1S/C39H50N6O3Si/c1-25-37(26(2)45(43-25)24-47-17-18-49(3,4)5)28-11-13-31(14-12-28)42-39(46)38(40)34-8-6-7-27-9-10-29(19-35(27)34)30-15-16-41-36(20-30)44-22-33-21-32(44)23-48-33/h9-16,19-20,32-34,38H,6-8,17-18,21-24,40H2,1-5H3,(H,42,46)/t32-,33-,34-,38+/m1/s1. The normalized spacial score (nSPS) is 20.8. The van der Waals surface area contributed by atoms with Crippen molar-refractivity contribution < 1.29 is 14.3 Å². The summed E-state index contributed by atoms with van der Waals surface area (Å²) in [6.07, 6.45) is 6.20. The number of nitrogens with one attached hydrogen (secondary N) is 1. The van der Waals surface area contributed by atoms with E-state index in [4.69, 9.17) is 25.3 Å². The van der Waals surface area contributed by atoms with Gasteiger partial charge in [-0.2, -0.15) is 5.10 Å². The van der Waals surface area contributed by atoms with Gasteiger partial charge in [0, 0.05) is 50.3 Å². The van der Waals surface area contributed by atoms with E-state index in [1.165, 1.54) is 11.1 Å². The van der Waals surface area contributed by atoms with Crippen molar-refractivity contribution in [2.24, 2.45) is 5.73 Å². The van der Waals surface area contributed by atoms with Gasteiger partial charge in [0.15, 0.2) is 0 Å². The van der Waals surface area contributed by atoms with Crippen LogP contribution in [0, 0.1) is 13.8 Å². The lowest BCUT2D eigenvalue weighted by atomic mass is 9.77. The third kappa shape index (κ3) is 7.24. The molecule has 2 fully saturated rings. The van der Waals surface area contributed by atoms with E-state index >= 15 is 0 Å². The first-order valence-electron chi connectivity index (χ1n) is 17.8. The minimum atomic E-state index is -1.14. The molecule has 2 aliphatic heterocycles. The highest BCUT2D eigenvalue weighted by Crippen LogP contribution is 2.38. The third-order valence-electron chi connectivity index (χ3n) is 10.5. The number of aromatic nitrogens is 3. The first-order chi connectivity index (χ1) is 23.5. The van der Waals surface area contributed by atoms with Crippen LogP contribution in [-0.4, -0.2) is 66.7 Å². The number of hydrogen-bond acceptors (Lipinski definition) is 7. The number of amides is 1. The molecule has 4 heterocycles. The largest absolute Gasteiger partial charge is 0.374 e. The van der Waals surface area contributed by atoms with Crippen LogP contribution >= 0.6 is 0 Å². The van der Waals surface area contributed by atoms with E-state index in [-0.39, 0.29) is 11.8 Å². The summed E-state index contributed by atoms with van der Waals surface area (Å²) in [6, 6.07) is 19.8. The summed E-state index contributed by atoms with van der Waals surface area (Å²) in [5.74, 6) is 0.787. The van der Waals surface area contributed by atoms with Gasteiger partial charge >= 0.3 is 0 Å². The van der Waals surface area contributed by atoms with Crippen LogP contribution in [0.2, 0.25) is 25.7 Å². The lowest BCUT2D eigenvalue weighted by molar-refractivity contribution is -0.117. The van der Waals surface area contributed by atoms with E-state index in [1.807, 2.05) is 42.1 Å². The zero-order chi connectivity index (χ0) is 34.3. The molecule has 9 nitrogen and oxygen atoms in total. The summed E-state index contributed by atoms with van der Waals surface area (Å²) in [7, 11) is -1.14. The number of carbonyl (C=O) groups excluding carboxylic acids is 1. The van der Waals surface area contributed by atoms with Crippen LogP contribution in [0.15, 0.2) is 60.8 Å². The Hall–Kier alpha value is -3.83. The molecule has 2 aromatic heterocycles. The number of nitrogens with zero attached hydrogens (tertiary/aromatic N) is 4. The van der Waals surface area contributed by atoms with Crippen molar-refractivity contribution in [3.05, 3.63) is 83.3 Å². The molecule has 2 aromatic carbocycles. The van der Waals surface area contributed by atoms with Crippen molar-refractivity contribution in [3.63, 3.8) is 0 Å². The minimum absolute atomic E-state index is 0.0557. The fraction of sp³-hybridized carbons (Fsp3) is 0.462. The molecule has 7 rings (SSSR count). The average Bonchev–Trinajstić information content (AvgIpc) is 3.81. The summed E-state index contributed by atoms with van der Waals surface area (Å²) in [5, 5.41) is 7.85. The number of nitrogens with two attached hydrogens (primary N) is 1. The molecule has 3 N–H and O–H groups in total. The maximum Gasteiger partial charge on any atom is 0.241 e. The molecule has 1 amide bonds. The van der Waals surface area contributed by atoms with Crippen molar-refractivity contribution >= 4 is 25.5 Å². The molecule has 4 atom stereocenters. The molecule has 2 bridgehead atoms. The Morgan fingerprint density at radius 2 is 1.86 bits per heavy atom. The lowest BCUT2D eigenvalue weighted by Gasteiger charge is -2.30. The number of ether oxygens (including phenoxy) is 2. The molecule has 4 aromatic rings. The van der Waals surface area contributed by atoms with Gasteiger partial charge in [-0.1, -0.05) is 50.0 Å². The van der Waals surface area contributed by atoms with E-state index in [9.17, 15) is 4.79 Å². The van der Waals surface area contributed by atoms with Gasteiger partial charge in [-0.05, 0) is 97.7 Å². The first-order valence-corrected chi connectivity index (χ1v) is 21.5. The molecule has 0 spiro atoms. The van der Waals surface area contributed by atoms with Gasteiger partial charge in [0.05, 0.1) is 30.5 Å². The van der Waals surface area contributed by atoms with Crippen LogP contribution in [0.3, 0.4) is 0 Å². The molecule has 0 saturated carbocycles. The quantitative estimate of drug-likeness (QED) is 0.131. The number of anilines is 2. The number of pyridine rings is 1. The van der Waals surface area contributed by atoms with Crippen LogP contribution in [0.25, 0.3) is 22.3 Å². The van der Waals surface area contributed by atoms with Crippen LogP contribution in [0.1, 0.15) is 47.7 Å². The summed E-state index contributed by atoms with van der Waals surface area (Å²) in [6.45, 7) is 14.1. The molecule has 2 saturated heterocycles. The predicted molar refractivity (Wildman–Crippen MR) is 199 cm³/mol. The third-order valence-corrected chi connectivity index (χ3v) is 12.3. The topological polar surface area (TPSA) is 108 Å². The number of fused-ring (bicyclic) bond motifs is 3. The van der Waals surface area contributed by atoms with Crippen LogP contribution in [-0.2, 0) is 27.4 Å². The second kappa shape index (κ2) is 13.8. The lowest BCUT2D eigenvalue weighted by Crippen LogP contribution is -2.42. The molecular formula is C39H50N6O3Si. The highest BCUT2D eigenvalue weighted by Gasteiger charge is 2.39. The first kappa shape index (κ1) is 33.7. The second-order valence-corrected chi connectivity index (χ2v) is 20.9. The fourth-order valence-corrected chi connectivity index (χ4v) is 8.48. The number of morpholine rings is 1. The van der Waals surface area contributed by atoms with Crippen molar-refractivity contribution in [2.45, 2.75) is 96.1 Å². The van der Waals surface area contributed by atoms with Gasteiger partial charge < -0.3 is 25.4 Å².